The lowest BCUT2D eigenvalue weighted by Gasteiger charge is -2.23. The zero-order chi connectivity index (χ0) is 20.7. The maximum Gasteiger partial charge on any atom is 0.416 e. The minimum absolute atomic E-state index is 0.0711. The van der Waals surface area contributed by atoms with Crippen molar-refractivity contribution in [3.05, 3.63) is 42.0 Å². The Morgan fingerprint density at radius 1 is 1.29 bits per heavy atom. The molecular formula is C20H24ClF3O4. The second-order valence-electron chi connectivity index (χ2n) is 6.98. The molecule has 0 aromatic heterocycles. The number of benzene rings is 1. The summed E-state index contributed by atoms with van der Waals surface area (Å²) < 4.78 is 43.9. The molecule has 28 heavy (non-hydrogen) atoms. The van der Waals surface area contributed by atoms with Crippen molar-refractivity contribution >= 4 is 17.6 Å². The first-order chi connectivity index (χ1) is 13.2. The maximum absolute atomic E-state index is 12.8. The van der Waals surface area contributed by atoms with E-state index in [-0.39, 0.29) is 36.0 Å². The average Bonchev–Trinajstić information content (AvgIpc) is 2.88. The van der Waals surface area contributed by atoms with E-state index < -0.39 is 23.8 Å². The molecule has 1 aromatic rings. The summed E-state index contributed by atoms with van der Waals surface area (Å²) in [5.74, 6) is -1.10. The van der Waals surface area contributed by atoms with E-state index in [0.29, 0.717) is 25.7 Å². The maximum atomic E-state index is 12.8. The molecule has 1 fully saturated rings. The molecule has 2 N–H and O–H groups in total. The third-order valence-corrected chi connectivity index (χ3v) is 5.42. The van der Waals surface area contributed by atoms with E-state index in [1.807, 2.05) is 12.2 Å². The molecule has 156 valence electrons. The Kier molecular flexibility index (Phi) is 8.19. The van der Waals surface area contributed by atoms with Crippen LogP contribution in [0.2, 0.25) is 0 Å². The van der Waals surface area contributed by atoms with Crippen molar-refractivity contribution in [2.75, 3.05) is 6.61 Å². The van der Waals surface area contributed by atoms with Crippen molar-refractivity contribution in [1.82, 2.24) is 0 Å². The van der Waals surface area contributed by atoms with Crippen LogP contribution in [-0.2, 0) is 11.0 Å². The lowest BCUT2D eigenvalue weighted by molar-refractivity contribution is -0.138. The molecule has 1 aliphatic carbocycles. The molecule has 0 bridgehead atoms. The number of hydrogen-bond donors (Lipinski definition) is 2. The zero-order valence-corrected chi connectivity index (χ0v) is 16.0. The van der Waals surface area contributed by atoms with Gasteiger partial charge in [-0.05, 0) is 49.8 Å². The molecule has 1 saturated carbocycles. The summed E-state index contributed by atoms with van der Waals surface area (Å²) in [6.45, 7) is 0.0726. The summed E-state index contributed by atoms with van der Waals surface area (Å²) in [5.41, 5.74) is -0.784. The molecular weight excluding hydrogens is 397 g/mol. The Morgan fingerprint density at radius 2 is 2.04 bits per heavy atom. The number of carbonyl (C=O) groups is 1. The van der Waals surface area contributed by atoms with Crippen molar-refractivity contribution in [3.8, 4) is 5.75 Å². The number of carboxylic acids is 1. The molecule has 0 amide bonds. The molecule has 0 saturated heterocycles. The molecule has 1 aliphatic rings. The number of hydrogen-bond acceptors (Lipinski definition) is 3. The van der Waals surface area contributed by atoms with Crippen LogP contribution in [0.25, 0.3) is 0 Å². The van der Waals surface area contributed by atoms with E-state index in [1.54, 1.807) is 0 Å². The van der Waals surface area contributed by atoms with Crippen molar-refractivity contribution in [2.45, 2.75) is 49.8 Å². The molecule has 4 atom stereocenters. The van der Waals surface area contributed by atoms with Crippen LogP contribution < -0.4 is 4.74 Å². The number of allylic oxidation sites excluding steroid dienone is 2. The van der Waals surface area contributed by atoms with Crippen molar-refractivity contribution in [2.24, 2.45) is 11.8 Å². The van der Waals surface area contributed by atoms with Gasteiger partial charge in [0.05, 0.1) is 18.3 Å². The highest BCUT2D eigenvalue weighted by atomic mass is 35.5. The number of rotatable bonds is 9. The van der Waals surface area contributed by atoms with E-state index >= 15 is 0 Å². The van der Waals surface area contributed by atoms with Gasteiger partial charge in [-0.2, -0.15) is 13.2 Å². The Bertz CT molecular complexity index is 678. The van der Waals surface area contributed by atoms with Gasteiger partial charge < -0.3 is 14.9 Å². The predicted molar refractivity (Wildman–Crippen MR) is 99.4 cm³/mol. The smallest absolute Gasteiger partial charge is 0.416 e. The first-order valence-electron chi connectivity index (χ1n) is 9.17. The van der Waals surface area contributed by atoms with Crippen molar-refractivity contribution in [3.63, 3.8) is 0 Å². The van der Waals surface area contributed by atoms with Gasteiger partial charge >= 0.3 is 12.1 Å². The van der Waals surface area contributed by atoms with Crippen LogP contribution >= 0.6 is 11.6 Å². The van der Waals surface area contributed by atoms with Gasteiger partial charge in [-0.25, -0.2) is 0 Å². The fourth-order valence-electron chi connectivity index (χ4n) is 3.39. The monoisotopic (exact) mass is 420 g/mol. The number of aliphatic carboxylic acids is 1. The highest BCUT2D eigenvalue weighted by Gasteiger charge is 2.41. The largest absolute Gasteiger partial charge is 0.493 e. The van der Waals surface area contributed by atoms with Gasteiger partial charge in [0.2, 0.25) is 0 Å². The van der Waals surface area contributed by atoms with Gasteiger partial charge in [0.1, 0.15) is 5.75 Å². The Balaban J connectivity index is 1.91. The summed E-state index contributed by atoms with van der Waals surface area (Å²) in [4.78, 5) is 10.5. The standard InChI is InChI=1S/C20H24ClF3O4/c21-17-11-18(25)16(15(17)8-3-1-2-4-9-19(26)27)12-28-14-7-5-6-13(10-14)20(22,23)24/h1,3,5-7,10,15-18,25H,2,4,8-9,11-12H2,(H,26,27)/b3-1-/t15-,16-,17-,18-/m1/s1. The molecule has 0 unspecified atom stereocenters. The minimum Gasteiger partial charge on any atom is -0.493 e. The summed E-state index contributed by atoms with van der Waals surface area (Å²) in [6, 6.07) is 4.65. The summed E-state index contributed by atoms with van der Waals surface area (Å²) >= 11 is 6.34. The quantitative estimate of drug-likeness (QED) is 0.339. The SMILES string of the molecule is O=C(O)CCC/C=C\C[C@@H]1[C@@H](COc2cccc(C(F)(F)F)c2)[C@H](O)C[C@H]1Cl. The predicted octanol–water partition coefficient (Wildman–Crippen LogP) is 4.89. The lowest BCUT2D eigenvalue weighted by atomic mass is 9.92. The molecule has 8 heteroatoms. The second kappa shape index (κ2) is 10.2. The van der Waals surface area contributed by atoms with E-state index in [0.717, 1.165) is 12.1 Å². The van der Waals surface area contributed by atoms with E-state index in [9.17, 15) is 23.1 Å². The third-order valence-electron chi connectivity index (χ3n) is 4.92. The van der Waals surface area contributed by atoms with Crippen LogP contribution in [0, 0.1) is 11.8 Å². The Labute approximate surface area is 167 Å². The summed E-state index contributed by atoms with van der Waals surface area (Å²) in [5, 5.41) is 18.6. The molecule has 0 spiro atoms. The highest BCUT2D eigenvalue weighted by Crippen LogP contribution is 2.39. The van der Waals surface area contributed by atoms with Crippen molar-refractivity contribution < 1.29 is 32.9 Å². The zero-order valence-electron chi connectivity index (χ0n) is 15.2. The van der Waals surface area contributed by atoms with Crippen LogP contribution in [0.1, 0.15) is 37.7 Å². The minimum atomic E-state index is -4.44. The summed E-state index contributed by atoms with van der Waals surface area (Å²) in [7, 11) is 0. The molecule has 0 radical (unpaired) electrons. The normalized spacial score (nSPS) is 25.3. The van der Waals surface area contributed by atoms with Gasteiger partial charge in [-0.3, -0.25) is 4.79 Å². The van der Waals surface area contributed by atoms with E-state index in [1.165, 1.54) is 12.1 Å². The first kappa shape index (κ1) is 22.6. The fraction of sp³-hybridized carbons (Fsp3) is 0.550. The van der Waals surface area contributed by atoms with E-state index in [2.05, 4.69) is 0 Å². The average molecular weight is 421 g/mol. The van der Waals surface area contributed by atoms with Gasteiger partial charge in [-0.1, -0.05) is 18.2 Å². The number of aliphatic hydroxyl groups excluding tert-OH is 1. The van der Waals surface area contributed by atoms with Crippen LogP contribution in [0.15, 0.2) is 36.4 Å². The molecule has 2 rings (SSSR count). The number of unbranched alkanes of at least 4 members (excludes halogenated alkanes) is 1. The fourth-order valence-corrected chi connectivity index (χ4v) is 3.86. The van der Waals surface area contributed by atoms with Gasteiger partial charge in [-0.15, -0.1) is 11.6 Å². The van der Waals surface area contributed by atoms with Crippen molar-refractivity contribution in [1.29, 1.82) is 0 Å². The lowest BCUT2D eigenvalue weighted by Crippen LogP contribution is -2.27. The van der Waals surface area contributed by atoms with Crippen LogP contribution in [0.3, 0.4) is 0 Å². The number of aliphatic hydroxyl groups is 1. The highest BCUT2D eigenvalue weighted by molar-refractivity contribution is 6.21. The summed E-state index contributed by atoms with van der Waals surface area (Å²) in [6.07, 6.45) is 0.966. The van der Waals surface area contributed by atoms with E-state index in [4.69, 9.17) is 21.4 Å². The molecule has 0 heterocycles. The third kappa shape index (κ3) is 6.71. The number of halogens is 4. The first-order valence-corrected chi connectivity index (χ1v) is 9.61. The molecule has 0 aliphatic heterocycles. The Hall–Kier alpha value is -1.73. The number of carboxylic acid groups (broad SMARTS) is 1. The molecule has 4 nitrogen and oxygen atoms in total. The van der Waals surface area contributed by atoms with Gasteiger partial charge in [0.15, 0.2) is 0 Å². The van der Waals surface area contributed by atoms with Gasteiger partial charge in [0, 0.05) is 17.7 Å². The van der Waals surface area contributed by atoms with Crippen LogP contribution in [-0.4, -0.2) is 34.3 Å². The topological polar surface area (TPSA) is 66.8 Å². The van der Waals surface area contributed by atoms with Crippen LogP contribution in [0.4, 0.5) is 13.2 Å². The second-order valence-corrected chi connectivity index (χ2v) is 7.54. The van der Waals surface area contributed by atoms with Gasteiger partial charge in [0.25, 0.3) is 0 Å². The molecule has 1 aromatic carbocycles. The van der Waals surface area contributed by atoms with Crippen LogP contribution in [0.5, 0.6) is 5.75 Å². The number of alkyl halides is 4. The number of ether oxygens (including phenoxy) is 1. The Morgan fingerprint density at radius 3 is 2.71 bits per heavy atom.